The van der Waals surface area contributed by atoms with Crippen LogP contribution in [0.1, 0.15) is 18.1 Å². The number of nitrogens with zero attached hydrogens (tertiary/aromatic N) is 1. The van der Waals surface area contributed by atoms with E-state index < -0.39 is 17.6 Å². The van der Waals surface area contributed by atoms with E-state index in [0.29, 0.717) is 17.9 Å². The number of ether oxygens (including phenoxy) is 1. The molecule has 0 heterocycles. The molecule has 0 saturated carbocycles. The summed E-state index contributed by atoms with van der Waals surface area (Å²) < 4.78 is 43.4. The van der Waals surface area contributed by atoms with E-state index >= 15 is 0 Å². The summed E-state index contributed by atoms with van der Waals surface area (Å²) in [5.41, 5.74) is 2.41. The van der Waals surface area contributed by atoms with Crippen LogP contribution in [0.2, 0.25) is 0 Å². The van der Waals surface area contributed by atoms with Crippen LogP contribution < -0.4 is 15.5 Å². The lowest BCUT2D eigenvalue weighted by Crippen LogP contribution is -2.26. The number of carbonyl (C=O) groups is 1. The fourth-order valence-corrected chi connectivity index (χ4v) is 2.08. The molecule has 0 aliphatic heterocycles. The monoisotopic (exact) mass is 365 g/mol. The molecule has 2 rings (SSSR count). The molecule has 5 nitrogen and oxygen atoms in total. The van der Waals surface area contributed by atoms with Crippen LogP contribution in [0.5, 0.6) is 5.75 Å². The molecular formula is C18H18F3N3O2. The molecule has 8 heteroatoms. The summed E-state index contributed by atoms with van der Waals surface area (Å²) in [6, 6.07) is 11.8. The summed E-state index contributed by atoms with van der Waals surface area (Å²) >= 11 is 0. The normalized spacial score (nSPS) is 11.4. The SMILES string of the molecule is CCOc1ccccc1/C=N\NC(=O)CNc1cccc(C(F)(F)F)c1. The molecule has 0 spiro atoms. The van der Waals surface area contributed by atoms with Gasteiger partial charge in [0.05, 0.1) is 24.9 Å². The van der Waals surface area contributed by atoms with Crippen molar-refractivity contribution in [3.63, 3.8) is 0 Å². The van der Waals surface area contributed by atoms with Gasteiger partial charge in [-0.15, -0.1) is 0 Å². The summed E-state index contributed by atoms with van der Waals surface area (Å²) in [4.78, 5) is 11.8. The second kappa shape index (κ2) is 8.89. The van der Waals surface area contributed by atoms with Gasteiger partial charge in [0.2, 0.25) is 0 Å². The molecule has 0 aromatic heterocycles. The molecule has 0 fully saturated rings. The molecule has 0 radical (unpaired) electrons. The Bertz CT molecular complexity index is 776. The molecule has 0 unspecified atom stereocenters. The van der Waals surface area contributed by atoms with Crippen LogP contribution in [0.4, 0.5) is 18.9 Å². The summed E-state index contributed by atoms with van der Waals surface area (Å²) in [5.74, 6) is 0.141. The summed E-state index contributed by atoms with van der Waals surface area (Å²) in [7, 11) is 0. The van der Waals surface area contributed by atoms with Crippen molar-refractivity contribution in [1.82, 2.24) is 5.43 Å². The van der Waals surface area contributed by atoms with E-state index in [1.807, 2.05) is 13.0 Å². The van der Waals surface area contributed by atoms with E-state index in [1.54, 1.807) is 18.2 Å². The van der Waals surface area contributed by atoms with Crippen molar-refractivity contribution in [2.45, 2.75) is 13.1 Å². The molecule has 0 aliphatic rings. The van der Waals surface area contributed by atoms with E-state index in [4.69, 9.17) is 4.74 Å². The summed E-state index contributed by atoms with van der Waals surface area (Å²) in [5, 5.41) is 6.46. The number of nitrogens with one attached hydrogen (secondary N) is 2. The van der Waals surface area contributed by atoms with Gasteiger partial charge in [0.1, 0.15) is 5.75 Å². The maximum absolute atomic E-state index is 12.6. The second-order valence-electron chi connectivity index (χ2n) is 5.20. The number of rotatable bonds is 7. The zero-order valence-corrected chi connectivity index (χ0v) is 14.0. The van der Waals surface area contributed by atoms with Crippen LogP contribution in [-0.4, -0.2) is 25.3 Å². The average molecular weight is 365 g/mol. The van der Waals surface area contributed by atoms with Crippen LogP contribution in [0, 0.1) is 0 Å². The molecule has 26 heavy (non-hydrogen) atoms. The highest BCUT2D eigenvalue weighted by Crippen LogP contribution is 2.30. The fourth-order valence-electron chi connectivity index (χ4n) is 2.08. The molecule has 0 atom stereocenters. The third kappa shape index (κ3) is 5.80. The van der Waals surface area contributed by atoms with Gasteiger partial charge in [0, 0.05) is 11.3 Å². The number of halogens is 3. The van der Waals surface area contributed by atoms with Gasteiger partial charge in [-0.05, 0) is 37.3 Å². The number of hydrazone groups is 1. The molecule has 138 valence electrons. The number of carbonyl (C=O) groups excluding carboxylic acids is 1. The Labute approximate surface area is 148 Å². The number of benzene rings is 2. The largest absolute Gasteiger partial charge is 0.493 e. The summed E-state index contributed by atoms with van der Waals surface area (Å²) in [6.07, 6.45) is -2.99. The second-order valence-corrected chi connectivity index (χ2v) is 5.20. The van der Waals surface area contributed by atoms with Crippen molar-refractivity contribution in [2.75, 3.05) is 18.5 Å². The molecule has 0 aliphatic carbocycles. The van der Waals surface area contributed by atoms with Crippen LogP contribution >= 0.6 is 0 Å². The van der Waals surface area contributed by atoms with Gasteiger partial charge in [-0.2, -0.15) is 18.3 Å². The van der Waals surface area contributed by atoms with E-state index in [0.717, 1.165) is 12.1 Å². The maximum Gasteiger partial charge on any atom is 0.416 e. The summed E-state index contributed by atoms with van der Waals surface area (Å²) in [6.45, 7) is 2.14. The van der Waals surface area contributed by atoms with Gasteiger partial charge < -0.3 is 10.1 Å². The van der Waals surface area contributed by atoms with Gasteiger partial charge in [0.15, 0.2) is 0 Å². The van der Waals surface area contributed by atoms with Crippen molar-refractivity contribution in [2.24, 2.45) is 5.10 Å². The lowest BCUT2D eigenvalue weighted by atomic mass is 10.2. The molecular weight excluding hydrogens is 347 g/mol. The van der Waals surface area contributed by atoms with Gasteiger partial charge in [-0.3, -0.25) is 4.79 Å². The predicted molar refractivity (Wildman–Crippen MR) is 93.3 cm³/mol. The molecule has 1 amide bonds. The first-order valence-corrected chi connectivity index (χ1v) is 7.85. The van der Waals surface area contributed by atoms with Crippen molar-refractivity contribution in [1.29, 1.82) is 0 Å². The van der Waals surface area contributed by atoms with Crippen molar-refractivity contribution < 1.29 is 22.7 Å². The van der Waals surface area contributed by atoms with E-state index in [2.05, 4.69) is 15.8 Å². The molecule has 2 aromatic carbocycles. The Morgan fingerprint density at radius 1 is 1.19 bits per heavy atom. The van der Waals surface area contributed by atoms with E-state index in [9.17, 15) is 18.0 Å². The number of para-hydroxylation sites is 1. The Hall–Kier alpha value is -3.03. The zero-order chi connectivity index (χ0) is 19.0. The van der Waals surface area contributed by atoms with Gasteiger partial charge in [-0.1, -0.05) is 18.2 Å². The van der Waals surface area contributed by atoms with Crippen LogP contribution in [0.3, 0.4) is 0 Å². The standard InChI is InChI=1S/C18H18F3N3O2/c1-2-26-16-9-4-3-6-13(16)11-23-24-17(25)12-22-15-8-5-7-14(10-15)18(19,20)21/h3-11,22H,2,12H2,1H3,(H,24,25)/b23-11-. The quantitative estimate of drug-likeness (QED) is 0.581. The Kier molecular flexibility index (Phi) is 6.60. The van der Waals surface area contributed by atoms with E-state index in [-0.39, 0.29) is 12.2 Å². The molecule has 2 N–H and O–H groups in total. The molecule has 2 aromatic rings. The number of hydrogen-bond acceptors (Lipinski definition) is 4. The number of hydrogen-bond donors (Lipinski definition) is 2. The molecule has 0 saturated heterocycles. The smallest absolute Gasteiger partial charge is 0.416 e. The third-order valence-electron chi connectivity index (χ3n) is 3.25. The van der Waals surface area contributed by atoms with Crippen LogP contribution in [0.25, 0.3) is 0 Å². The molecule has 0 bridgehead atoms. The fraction of sp³-hybridized carbons (Fsp3) is 0.222. The third-order valence-corrected chi connectivity index (χ3v) is 3.25. The van der Waals surface area contributed by atoms with Gasteiger partial charge >= 0.3 is 6.18 Å². The first-order valence-electron chi connectivity index (χ1n) is 7.85. The van der Waals surface area contributed by atoms with Gasteiger partial charge in [-0.25, -0.2) is 5.43 Å². The Balaban J connectivity index is 1.88. The first-order chi connectivity index (χ1) is 12.4. The van der Waals surface area contributed by atoms with Crippen LogP contribution in [0.15, 0.2) is 53.6 Å². The first kappa shape index (κ1) is 19.3. The van der Waals surface area contributed by atoms with Crippen molar-refractivity contribution in [3.05, 3.63) is 59.7 Å². The minimum Gasteiger partial charge on any atom is -0.493 e. The lowest BCUT2D eigenvalue weighted by Gasteiger charge is -2.10. The minimum absolute atomic E-state index is 0.195. The Morgan fingerprint density at radius 2 is 1.96 bits per heavy atom. The highest BCUT2D eigenvalue weighted by Gasteiger charge is 2.30. The minimum atomic E-state index is -4.43. The lowest BCUT2D eigenvalue weighted by molar-refractivity contribution is -0.137. The number of alkyl halides is 3. The van der Waals surface area contributed by atoms with Crippen molar-refractivity contribution >= 4 is 17.8 Å². The highest BCUT2D eigenvalue weighted by atomic mass is 19.4. The Morgan fingerprint density at radius 3 is 2.69 bits per heavy atom. The number of amides is 1. The topological polar surface area (TPSA) is 62.7 Å². The number of anilines is 1. The maximum atomic E-state index is 12.6. The highest BCUT2D eigenvalue weighted by molar-refractivity contribution is 5.86. The average Bonchev–Trinajstić information content (AvgIpc) is 2.61. The van der Waals surface area contributed by atoms with Crippen LogP contribution in [-0.2, 0) is 11.0 Å². The predicted octanol–water partition coefficient (Wildman–Crippen LogP) is 3.67. The van der Waals surface area contributed by atoms with Crippen molar-refractivity contribution in [3.8, 4) is 5.75 Å². The van der Waals surface area contributed by atoms with Gasteiger partial charge in [0.25, 0.3) is 5.91 Å². The van der Waals surface area contributed by atoms with E-state index in [1.165, 1.54) is 18.3 Å². The zero-order valence-electron chi connectivity index (χ0n) is 14.0.